The van der Waals surface area contributed by atoms with Gasteiger partial charge >= 0.3 is 0 Å². The first-order chi connectivity index (χ1) is 5.84. The van der Waals surface area contributed by atoms with Crippen molar-refractivity contribution in [1.29, 1.82) is 0 Å². The normalized spacial score (nSPS) is 19.0. The van der Waals surface area contributed by atoms with Crippen LogP contribution in [0.4, 0.5) is 0 Å². The van der Waals surface area contributed by atoms with Crippen molar-refractivity contribution in [2.75, 3.05) is 13.1 Å². The van der Waals surface area contributed by atoms with Crippen molar-refractivity contribution in [3.63, 3.8) is 0 Å². The topological polar surface area (TPSA) is 12.0 Å². The molecule has 1 unspecified atom stereocenters. The quantitative estimate of drug-likeness (QED) is 0.685. The van der Waals surface area contributed by atoms with Gasteiger partial charge < -0.3 is 5.32 Å². The van der Waals surface area contributed by atoms with Gasteiger partial charge in [-0.05, 0) is 24.9 Å². The van der Waals surface area contributed by atoms with E-state index in [9.17, 15) is 0 Å². The van der Waals surface area contributed by atoms with Gasteiger partial charge in [0.05, 0.1) is 0 Å². The first kappa shape index (κ1) is 12.0. The highest BCUT2D eigenvalue weighted by Gasteiger charge is 2.22. The van der Waals surface area contributed by atoms with Crippen LogP contribution >= 0.6 is 0 Å². The van der Waals surface area contributed by atoms with Crippen molar-refractivity contribution in [1.82, 2.24) is 5.32 Å². The summed E-state index contributed by atoms with van der Waals surface area (Å²) in [4.78, 5) is 0. The van der Waals surface area contributed by atoms with Crippen LogP contribution in [0.3, 0.4) is 0 Å². The minimum Gasteiger partial charge on any atom is -0.316 e. The molecule has 1 N–H and O–H groups in total. The third-order valence-electron chi connectivity index (χ3n) is 2.63. The van der Waals surface area contributed by atoms with Crippen molar-refractivity contribution in [3.05, 3.63) is 0 Å². The van der Waals surface area contributed by atoms with Crippen LogP contribution in [0.2, 0.25) is 0 Å². The summed E-state index contributed by atoms with van der Waals surface area (Å²) in [5, 5.41) is 3.32. The monoisotopic (exact) mass is 171 g/mol. The zero-order valence-corrected chi connectivity index (χ0v) is 9.19. The second kappa shape index (κ2) is 7.60. The minimum absolute atomic E-state index is 0.959. The Bertz CT molecular complexity index is 87.0. The van der Waals surface area contributed by atoms with Gasteiger partial charge in [0, 0.05) is 0 Å². The molecule has 1 heteroatoms. The summed E-state index contributed by atoms with van der Waals surface area (Å²) in [6, 6.07) is 0. The van der Waals surface area contributed by atoms with Crippen molar-refractivity contribution < 1.29 is 0 Å². The number of hydrogen-bond acceptors (Lipinski definition) is 1. The van der Waals surface area contributed by atoms with Gasteiger partial charge in [-0.25, -0.2) is 0 Å². The molecule has 0 aromatic heterocycles. The lowest BCUT2D eigenvalue weighted by molar-refractivity contribution is 0.234. The van der Waals surface area contributed by atoms with Crippen molar-refractivity contribution in [3.8, 4) is 0 Å². The fourth-order valence-electron chi connectivity index (χ4n) is 1.48. The average molecular weight is 171 g/mol. The fourth-order valence-corrected chi connectivity index (χ4v) is 1.48. The molecule has 0 bridgehead atoms. The second-order valence-electron chi connectivity index (χ2n) is 3.54. The lowest BCUT2D eigenvalue weighted by atomic mass is 9.85. The van der Waals surface area contributed by atoms with Crippen molar-refractivity contribution in [2.45, 2.75) is 47.0 Å². The fraction of sp³-hybridized carbons (Fsp3) is 1.00. The van der Waals surface area contributed by atoms with E-state index in [1.54, 1.807) is 0 Å². The van der Waals surface area contributed by atoms with E-state index >= 15 is 0 Å². The molecule has 0 amide bonds. The predicted molar refractivity (Wildman–Crippen MR) is 56.4 cm³/mol. The molecule has 0 radical (unpaired) electrons. The molecule has 1 aliphatic heterocycles. The van der Waals surface area contributed by atoms with Gasteiger partial charge in [0.15, 0.2) is 0 Å². The van der Waals surface area contributed by atoms with Crippen LogP contribution in [-0.2, 0) is 0 Å². The van der Waals surface area contributed by atoms with E-state index in [2.05, 4.69) is 19.2 Å². The van der Waals surface area contributed by atoms with Gasteiger partial charge in [0.1, 0.15) is 0 Å². The maximum atomic E-state index is 3.32. The molecule has 1 atom stereocenters. The standard InChI is InChI=1S/C9H19N.C2H6/c1-3-4-5-8(2)9-6-10-7-9;1-2/h8-10H,3-7H2,1-2H3;1-2H3. The Morgan fingerprint density at radius 2 is 1.92 bits per heavy atom. The van der Waals surface area contributed by atoms with Crippen molar-refractivity contribution in [2.24, 2.45) is 11.8 Å². The maximum Gasteiger partial charge on any atom is -0.000570 e. The molecule has 1 heterocycles. The molecule has 1 saturated heterocycles. The highest BCUT2D eigenvalue weighted by molar-refractivity contribution is 4.78. The zero-order valence-electron chi connectivity index (χ0n) is 9.19. The van der Waals surface area contributed by atoms with E-state index in [-0.39, 0.29) is 0 Å². The largest absolute Gasteiger partial charge is 0.316 e. The molecule has 1 fully saturated rings. The molecule has 0 aromatic carbocycles. The third-order valence-corrected chi connectivity index (χ3v) is 2.63. The Balaban J connectivity index is 0.000000561. The predicted octanol–water partition coefficient (Wildman–Crippen LogP) is 3.06. The maximum absolute atomic E-state index is 3.32. The number of hydrogen-bond donors (Lipinski definition) is 1. The summed E-state index contributed by atoms with van der Waals surface area (Å²) in [7, 11) is 0. The van der Waals surface area contributed by atoms with E-state index in [1.807, 2.05) is 13.8 Å². The first-order valence-corrected chi connectivity index (χ1v) is 5.55. The van der Waals surface area contributed by atoms with E-state index in [4.69, 9.17) is 0 Å². The van der Waals surface area contributed by atoms with Crippen LogP contribution in [-0.4, -0.2) is 13.1 Å². The third kappa shape index (κ3) is 4.10. The molecule has 0 aliphatic carbocycles. The molecule has 0 saturated carbocycles. The lowest BCUT2D eigenvalue weighted by Gasteiger charge is -2.32. The summed E-state index contributed by atoms with van der Waals surface area (Å²) in [5.74, 6) is 1.95. The molecular weight excluding hydrogens is 146 g/mol. The number of unbranched alkanes of at least 4 members (excludes halogenated alkanes) is 1. The Morgan fingerprint density at radius 1 is 1.33 bits per heavy atom. The highest BCUT2D eigenvalue weighted by atomic mass is 14.9. The van der Waals surface area contributed by atoms with Crippen molar-refractivity contribution >= 4 is 0 Å². The molecule has 1 rings (SSSR count). The second-order valence-corrected chi connectivity index (χ2v) is 3.54. The SMILES string of the molecule is CC.CCCCC(C)C1CNC1. The zero-order chi connectivity index (χ0) is 9.40. The molecule has 0 spiro atoms. The van der Waals surface area contributed by atoms with Crippen LogP contribution in [0.25, 0.3) is 0 Å². The first-order valence-electron chi connectivity index (χ1n) is 5.55. The van der Waals surface area contributed by atoms with Gasteiger partial charge in [-0.2, -0.15) is 0 Å². The molecular formula is C11H25N. The number of rotatable bonds is 4. The summed E-state index contributed by atoms with van der Waals surface area (Å²) in [5.41, 5.74) is 0. The highest BCUT2D eigenvalue weighted by Crippen LogP contribution is 2.20. The molecule has 0 aromatic rings. The Hall–Kier alpha value is -0.0400. The minimum atomic E-state index is 0.959. The van der Waals surface area contributed by atoms with Crippen LogP contribution in [0, 0.1) is 11.8 Å². The Morgan fingerprint density at radius 3 is 2.25 bits per heavy atom. The van der Waals surface area contributed by atoms with Gasteiger partial charge in [-0.3, -0.25) is 0 Å². The molecule has 1 nitrogen and oxygen atoms in total. The summed E-state index contributed by atoms with van der Waals surface area (Å²) in [6.45, 7) is 11.2. The van der Waals surface area contributed by atoms with Gasteiger partial charge in [-0.15, -0.1) is 0 Å². The summed E-state index contributed by atoms with van der Waals surface area (Å²) in [6.07, 6.45) is 4.20. The number of nitrogens with one attached hydrogen (secondary N) is 1. The van der Waals surface area contributed by atoms with Crippen LogP contribution in [0.5, 0.6) is 0 Å². The molecule has 1 aliphatic rings. The van der Waals surface area contributed by atoms with E-state index < -0.39 is 0 Å². The van der Waals surface area contributed by atoms with Crippen LogP contribution in [0.15, 0.2) is 0 Å². The summed E-state index contributed by atoms with van der Waals surface area (Å²) >= 11 is 0. The summed E-state index contributed by atoms with van der Waals surface area (Å²) < 4.78 is 0. The lowest BCUT2D eigenvalue weighted by Crippen LogP contribution is -2.45. The Labute approximate surface area is 77.9 Å². The van der Waals surface area contributed by atoms with Crippen LogP contribution < -0.4 is 5.32 Å². The average Bonchev–Trinajstić information content (AvgIpc) is 2.01. The Kier molecular flexibility index (Phi) is 7.58. The van der Waals surface area contributed by atoms with E-state index in [0.29, 0.717) is 0 Å². The van der Waals surface area contributed by atoms with Gasteiger partial charge in [0.2, 0.25) is 0 Å². The van der Waals surface area contributed by atoms with E-state index in [1.165, 1.54) is 32.4 Å². The van der Waals surface area contributed by atoms with E-state index in [0.717, 1.165) is 11.8 Å². The van der Waals surface area contributed by atoms with Crippen LogP contribution in [0.1, 0.15) is 47.0 Å². The smallest absolute Gasteiger partial charge is 0.000570 e. The van der Waals surface area contributed by atoms with Gasteiger partial charge in [-0.1, -0.05) is 47.0 Å². The van der Waals surface area contributed by atoms with Gasteiger partial charge in [0.25, 0.3) is 0 Å². The molecule has 74 valence electrons. The molecule has 12 heavy (non-hydrogen) atoms.